The average molecular weight is 325 g/mol. The maximum absolute atomic E-state index is 12.1. The van der Waals surface area contributed by atoms with E-state index >= 15 is 0 Å². The summed E-state index contributed by atoms with van der Waals surface area (Å²) in [7, 11) is 0. The number of aromatic nitrogens is 4. The zero-order chi connectivity index (χ0) is 16.5. The number of benzene rings is 1. The summed E-state index contributed by atoms with van der Waals surface area (Å²) in [6.07, 6.45) is 2.29. The minimum atomic E-state index is -0.676. The van der Waals surface area contributed by atoms with E-state index in [1.54, 1.807) is 12.1 Å². The smallest absolute Gasteiger partial charge is 0.388 e. The van der Waals surface area contributed by atoms with Gasteiger partial charge in [-0.25, -0.2) is 4.79 Å². The Morgan fingerprint density at radius 2 is 2.12 bits per heavy atom. The van der Waals surface area contributed by atoms with E-state index in [4.69, 9.17) is 4.42 Å². The minimum Gasteiger partial charge on any atom is -0.388 e. The van der Waals surface area contributed by atoms with Crippen molar-refractivity contribution in [2.75, 3.05) is 5.32 Å². The van der Waals surface area contributed by atoms with Crippen LogP contribution in [0.1, 0.15) is 24.5 Å². The van der Waals surface area contributed by atoms with Crippen LogP contribution in [0.25, 0.3) is 11.5 Å². The maximum atomic E-state index is 12.1. The normalized spacial score (nSPS) is 13.8. The number of rotatable bonds is 5. The average Bonchev–Trinajstić information content (AvgIpc) is 3.23. The summed E-state index contributed by atoms with van der Waals surface area (Å²) in [5.41, 5.74) is 1.70. The summed E-state index contributed by atoms with van der Waals surface area (Å²) in [5, 5.41) is 13.7. The molecule has 8 heteroatoms. The van der Waals surface area contributed by atoms with E-state index in [1.807, 2.05) is 24.3 Å². The van der Waals surface area contributed by atoms with Crippen LogP contribution in [0.3, 0.4) is 0 Å². The SMILES string of the molecule is O=C(Cn1nc(-c2ccccc2)oc1=O)Nc1cc(C2CC2)[nH]n1. The Morgan fingerprint density at radius 3 is 2.88 bits per heavy atom. The van der Waals surface area contributed by atoms with Gasteiger partial charge in [-0.15, -0.1) is 5.10 Å². The van der Waals surface area contributed by atoms with Crippen molar-refractivity contribution in [3.8, 4) is 11.5 Å². The van der Waals surface area contributed by atoms with Gasteiger partial charge in [0.15, 0.2) is 5.82 Å². The molecule has 4 rings (SSSR count). The molecule has 0 atom stereocenters. The molecule has 0 aliphatic heterocycles. The number of anilines is 1. The summed E-state index contributed by atoms with van der Waals surface area (Å²) in [6.45, 7) is -0.235. The number of nitrogens with one attached hydrogen (secondary N) is 2. The van der Waals surface area contributed by atoms with Crippen molar-refractivity contribution in [2.45, 2.75) is 25.3 Å². The standard InChI is InChI=1S/C16H15N5O3/c22-14(17-13-8-12(18-19-13)10-6-7-10)9-21-16(23)24-15(20-21)11-4-2-1-3-5-11/h1-5,8,10H,6-7,9H2,(H2,17,18,19,22). The number of aromatic amines is 1. The molecule has 1 amide bonds. The van der Waals surface area contributed by atoms with E-state index in [0.717, 1.165) is 23.2 Å². The van der Waals surface area contributed by atoms with Gasteiger partial charge in [-0.1, -0.05) is 18.2 Å². The van der Waals surface area contributed by atoms with E-state index < -0.39 is 5.76 Å². The Labute approximate surface area is 136 Å². The van der Waals surface area contributed by atoms with Crippen LogP contribution >= 0.6 is 0 Å². The number of carbonyl (C=O) groups is 1. The van der Waals surface area contributed by atoms with Crippen LogP contribution < -0.4 is 11.1 Å². The predicted octanol–water partition coefficient (Wildman–Crippen LogP) is 1.74. The van der Waals surface area contributed by atoms with Crippen molar-refractivity contribution < 1.29 is 9.21 Å². The quantitative estimate of drug-likeness (QED) is 0.743. The second kappa shape index (κ2) is 5.80. The molecular formula is C16H15N5O3. The highest BCUT2D eigenvalue weighted by molar-refractivity contribution is 5.89. The van der Waals surface area contributed by atoms with E-state index in [0.29, 0.717) is 17.3 Å². The van der Waals surface area contributed by atoms with Gasteiger partial charge < -0.3 is 9.73 Å². The number of nitrogens with zero attached hydrogens (tertiary/aromatic N) is 3. The summed E-state index contributed by atoms with van der Waals surface area (Å²) in [6, 6.07) is 10.9. The molecular weight excluding hydrogens is 310 g/mol. The van der Waals surface area contributed by atoms with Crippen molar-refractivity contribution in [3.63, 3.8) is 0 Å². The Hall–Kier alpha value is -3.16. The van der Waals surface area contributed by atoms with Crippen molar-refractivity contribution in [2.24, 2.45) is 0 Å². The first-order valence-corrected chi connectivity index (χ1v) is 7.67. The number of carbonyl (C=O) groups excluding carboxylic acids is 1. The Morgan fingerprint density at radius 1 is 1.33 bits per heavy atom. The molecule has 0 spiro atoms. The summed E-state index contributed by atoms with van der Waals surface area (Å²) < 4.78 is 6.08. The first-order chi connectivity index (χ1) is 11.7. The summed E-state index contributed by atoms with van der Waals surface area (Å²) in [4.78, 5) is 23.9. The van der Waals surface area contributed by atoms with Gasteiger partial charge in [-0.2, -0.15) is 9.78 Å². The fourth-order valence-corrected chi connectivity index (χ4v) is 2.43. The highest BCUT2D eigenvalue weighted by Gasteiger charge is 2.25. The number of hydrogen-bond donors (Lipinski definition) is 2. The molecule has 0 bridgehead atoms. The lowest BCUT2D eigenvalue weighted by Crippen LogP contribution is -2.26. The molecule has 1 fully saturated rings. The van der Waals surface area contributed by atoms with Gasteiger partial charge in [-0.05, 0) is 25.0 Å². The van der Waals surface area contributed by atoms with Gasteiger partial charge >= 0.3 is 5.76 Å². The zero-order valence-corrected chi connectivity index (χ0v) is 12.7. The fraction of sp³-hybridized carbons (Fsp3) is 0.250. The maximum Gasteiger partial charge on any atom is 0.437 e. The lowest BCUT2D eigenvalue weighted by atomic mass is 10.2. The number of amides is 1. The van der Waals surface area contributed by atoms with Crippen LogP contribution in [0.4, 0.5) is 5.82 Å². The Kier molecular flexibility index (Phi) is 3.49. The molecule has 8 nitrogen and oxygen atoms in total. The third-order valence-corrected chi connectivity index (χ3v) is 3.80. The van der Waals surface area contributed by atoms with Crippen molar-refractivity contribution in [1.29, 1.82) is 0 Å². The van der Waals surface area contributed by atoms with E-state index in [2.05, 4.69) is 20.6 Å². The molecule has 24 heavy (non-hydrogen) atoms. The molecule has 1 saturated carbocycles. The van der Waals surface area contributed by atoms with Gasteiger partial charge in [0.25, 0.3) is 0 Å². The summed E-state index contributed by atoms with van der Waals surface area (Å²) >= 11 is 0. The van der Waals surface area contributed by atoms with Crippen LogP contribution in [-0.4, -0.2) is 25.9 Å². The first kappa shape index (κ1) is 14.4. The van der Waals surface area contributed by atoms with Gasteiger partial charge in [0, 0.05) is 23.2 Å². The molecule has 1 aliphatic rings. The van der Waals surface area contributed by atoms with Gasteiger partial charge in [0.2, 0.25) is 11.8 Å². The van der Waals surface area contributed by atoms with Crippen LogP contribution in [-0.2, 0) is 11.3 Å². The van der Waals surface area contributed by atoms with E-state index in [1.165, 1.54) is 0 Å². The van der Waals surface area contributed by atoms with Crippen molar-refractivity contribution >= 4 is 11.7 Å². The Balaban J connectivity index is 1.45. The first-order valence-electron chi connectivity index (χ1n) is 7.67. The molecule has 3 aromatic rings. The third kappa shape index (κ3) is 2.98. The highest BCUT2D eigenvalue weighted by atomic mass is 16.4. The lowest BCUT2D eigenvalue weighted by molar-refractivity contribution is -0.117. The highest BCUT2D eigenvalue weighted by Crippen LogP contribution is 2.39. The lowest BCUT2D eigenvalue weighted by Gasteiger charge is -1.99. The molecule has 2 N–H and O–H groups in total. The third-order valence-electron chi connectivity index (χ3n) is 3.80. The molecule has 122 valence electrons. The van der Waals surface area contributed by atoms with Gasteiger partial charge in [0.1, 0.15) is 6.54 Å². The van der Waals surface area contributed by atoms with Crippen molar-refractivity contribution in [3.05, 3.63) is 52.6 Å². The number of H-pyrrole nitrogens is 1. The van der Waals surface area contributed by atoms with Crippen LogP contribution in [0.5, 0.6) is 0 Å². The van der Waals surface area contributed by atoms with Gasteiger partial charge in [-0.3, -0.25) is 9.89 Å². The largest absolute Gasteiger partial charge is 0.437 e. The summed E-state index contributed by atoms with van der Waals surface area (Å²) in [5.74, 6) is 0.0872. The molecule has 1 aromatic carbocycles. The van der Waals surface area contributed by atoms with Crippen LogP contribution in [0.2, 0.25) is 0 Å². The molecule has 0 saturated heterocycles. The van der Waals surface area contributed by atoms with Crippen LogP contribution in [0, 0.1) is 0 Å². The molecule has 1 aliphatic carbocycles. The Bertz CT molecular complexity index is 921. The zero-order valence-electron chi connectivity index (χ0n) is 12.7. The minimum absolute atomic E-state index is 0.184. The van der Waals surface area contributed by atoms with Crippen LogP contribution in [0.15, 0.2) is 45.6 Å². The second-order valence-corrected chi connectivity index (χ2v) is 5.73. The molecule has 0 radical (unpaired) electrons. The van der Waals surface area contributed by atoms with Crippen molar-refractivity contribution in [1.82, 2.24) is 20.0 Å². The fourth-order valence-electron chi connectivity index (χ4n) is 2.43. The molecule has 2 aromatic heterocycles. The second-order valence-electron chi connectivity index (χ2n) is 5.73. The number of hydrogen-bond acceptors (Lipinski definition) is 5. The molecule has 0 unspecified atom stereocenters. The molecule has 2 heterocycles. The monoisotopic (exact) mass is 325 g/mol. The van der Waals surface area contributed by atoms with Gasteiger partial charge in [0.05, 0.1) is 0 Å². The topological polar surface area (TPSA) is 106 Å². The predicted molar refractivity (Wildman–Crippen MR) is 85.4 cm³/mol. The van der Waals surface area contributed by atoms with E-state index in [9.17, 15) is 9.59 Å². The van der Waals surface area contributed by atoms with E-state index in [-0.39, 0.29) is 18.3 Å².